The van der Waals surface area contributed by atoms with Gasteiger partial charge in [0.25, 0.3) is 0 Å². The average Bonchev–Trinajstić information content (AvgIpc) is 2.94. The lowest BCUT2D eigenvalue weighted by molar-refractivity contribution is -0.137. The van der Waals surface area contributed by atoms with Crippen LogP contribution in [0.3, 0.4) is 0 Å². The number of hydrogen-bond acceptors (Lipinski definition) is 4. The molecule has 0 radical (unpaired) electrons. The molecule has 2 heterocycles. The Morgan fingerprint density at radius 2 is 1.73 bits per heavy atom. The molecular formula is C32H37F3N4O. The lowest BCUT2D eigenvalue weighted by atomic mass is 10.0. The number of alkyl halides is 3. The SMILES string of the molecule is Cc1cc(N(C)c2cccc(CN(C(=O)C=Cc3ccc(C(F)(F)F)cc3)C3CCN(C(C)C)CC3)c2)ccn1. The van der Waals surface area contributed by atoms with E-state index in [2.05, 4.69) is 34.7 Å². The number of aryl methyl sites for hydroxylation is 1. The first kappa shape index (κ1) is 29.3. The maximum atomic E-state index is 13.6. The van der Waals surface area contributed by atoms with Gasteiger partial charge in [-0.25, -0.2) is 0 Å². The molecule has 1 aromatic heterocycles. The number of hydrogen-bond donors (Lipinski definition) is 0. The van der Waals surface area contributed by atoms with Crippen LogP contribution >= 0.6 is 0 Å². The van der Waals surface area contributed by atoms with Crippen molar-refractivity contribution in [3.05, 3.63) is 95.3 Å². The van der Waals surface area contributed by atoms with Gasteiger partial charge in [0.2, 0.25) is 5.91 Å². The highest BCUT2D eigenvalue weighted by Gasteiger charge is 2.30. The summed E-state index contributed by atoms with van der Waals surface area (Å²) in [7, 11) is 2.01. The summed E-state index contributed by atoms with van der Waals surface area (Å²) in [5, 5.41) is 0. The van der Waals surface area contributed by atoms with Crippen LogP contribution in [0.5, 0.6) is 0 Å². The number of likely N-dealkylation sites (tertiary alicyclic amines) is 1. The summed E-state index contributed by atoms with van der Waals surface area (Å²) in [5.41, 5.74) is 3.82. The Labute approximate surface area is 234 Å². The minimum atomic E-state index is -4.39. The Balaban J connectivity index is 1.55. The predicted octanol–water partition coefficient (Wildman–Crippen LogP) is 7.09. The summed E-state index contributed by atoms with van der Waals surface area (Å²) < 4.78 is 38.8. The second-order valence-corrected chi connectivity index (χ2v) is 10.7. The molecule has 3 aromatic rings. The molecule has 0 spiro atoms. The van der Waals surface area contributed by atoms with Crippen molar-refractivity contribution in [1.29, 1.82) is 0 Å². The largest absolute Gasteiger partial charge is 0.416 e. The first-order valence-electron chi connectivity index (χ1n) is 13.7. The molecule has 2 aromatic carbocycles. The fraction of sp³-hybridized carbons (Fsp3) is 0.375. The Kier molecular flexibility index (Phi) is 9.30. The lowest BCUT2D eigenvalue weighted by Crippen LogP contribution is -2.48. The summed E-state index contributed by atoms with van der Waals surface area (Å²) in [6.45, 7) is 8.60. The molecule has 8 heteroatoms. The first-order chi connectivity index (χ1) is 19.0. The zero-order valence-corrected chi connectivity index (χ0v) is 23.5. The van der Waals surface area contributed by atoms with Gasteiger partial charge < -0.3 is 14.7 Å². The molecule has 1 aliphatic heterocycles. The van der Waals surface area contributed by atoms with Crippen LogP contribution < -0.4 is 4.90 Å². The van der Waals surface area contributed by atoms with E-state index in [-0.39, 0.29) is 11.9 Å². The summed E-state index contributed by atoms with van der Waals surface area (Å²) in [6, 6.07) is 17.5. The number of nitrogens with zero attached hydrogens (tertiary/aromatic N) is 4. The van der Waals surface area contributed by atoms with Crippen LogP contribution in [0.1, 0.15) is 49.1 Å². The van der Waals surface area contributed by atoms with Crippen LogP contribution in [-0.2, 0) is 17.5 Å². The van der Waals surface area contributed by atoms with Crippen molar-refractivity contribution < 1.29 is 18.0 Å². The van der Waals surface area contributed by atoms with E-state index in [0.29, 0.717) is 18.2 Å². The van der Waals surface area contributed by atoms with Gasteiger partial charge in [-0.1, -0.05) is 24.3 Å². The predicted molar refractivity (Wildman–Crippen MR) is 154 cm³/mol. The molecule has 0 atom stereocenters. The second-order valence-electron chi connectivity index (χ2n) is 10.7. The molecule has 1 aliphatic rings. The summed E-state index contributed by atoms with van der Waals surface area (Å²) in [6.07, 6.45) is 2.21. The normalized spacial score (nSPS) is 15.1. The smallest absolute Gasteiger partial charge is 0.345 e. The van der Waals surface area contributed by atoms with Crippen molar-refractivity contribution in [3.8, 4) is 0 Å². The van der Waals surface area contributed by atoms with Crippen LogP contribution in [0.4, 0.5) is 24.5 Å². The van der Waals surface area contributed by atoms with Crippen molar-refractivity contribution in [1.82, 2.24) is 14.8 Å². The maximum Gasteiger partial charge on any atom is 0.416 e. The van der Waals surface area contributed by atoms with E-state index < -0.39 is 11.7 Å². The Morgan fingerprint density at radius 1 is 1.05 bits per heavy atom. The van der Waals surface area contributed by atoms with Gasteiger partial charge >= 0.3 is 6.18 Å². The standard InChI is InChI=1S/C32H37F3N4O/c1-23(2)38-18-15-28(16-19-38)39(31(40)13-10-25-8-11-27(12-9-25)32(33,34)35)22-26-6-5-7-29(21-26)37(4)30-14-17-36-24(3)20-30/h5-14,17,20-21,23,28H,15-16,18-19,22H2,1-4H3. The molecule has 0 N–H and O–H groups in total. The highest BCUT2D eigenvalue weighted by atomic mass is 19.4. The van der Waals surface area contributed by atoms with Gasteiger partial charge in [-0.3, -0.25) is 9.78 Å². The molecule has 0 saturated carbocycles. The van der Waals surface area contributed by atoms with Crippen molar-refractivity contribution in [3.63, 3.8) is 0 Å². The third kappa shape index (κ3) is 7.50. The molecule has 1 saturated heterocycles. The number of piperidine rings is 1. The number of aromatic nitrogens is 1. The number of anilines is 2. The first-order valence-corrected chi connectivity index (χ1v) is 13.7. The number of amides is 1. The van der Waals surface area contributed by atoms with Gasteiger partial charge in [0, 0.05) is 68.1 Å². The Morgan fingerprint density at radius 3 is 2.35 bits per heavy atom. The van der Waals surface area contributed by atoms with E-state index in [9.17, 15) is 18.0 Å². The van der Waals surface area contributed by atoms with E-state index in [0.717, 1.165) is 60.7 Å². The second kappa shape index (κ2) is 12.7. The average molecular weight is 551 g/mol. The van der Waals surface area contributed by atoms with E-state index in [1.807, 2.05) is 49.2 Å². The molecule has 1 amide bonds. The summed E-state index contributed by atoms with van der Waals surface area (Å²) in [5.74, 6) is -0.147. The zero-order chi connectivity index (χ0) is 28.9. The highest BCUT2D eigenvalue weighted by molar-refractivity contribution is 5.92. The highest BCUT2D eigenvalue weighted by Crippen LogP contribution is 2.30. The van der Waals surface area contributed by atoms with Crippen LogP contribution in [0.2, 0.25) is 0 Å². The number of benzene rings is 2. The van der Waals surface area contributed by atoms with Crippen molar-refractivity contribution in [2.24, 2.45) is 0 Å². The van der Waals surface area contributed by atoms with E-state index in [4.69, 9.17) is 0 Å². The number of rotatable bonds is 8. The molecule has 1 fully saturated rings. The number of carbonyl (C=O) groups excluding carboxylic acids is 1. The number of carbonyl (C=O) groups is 1. The van der Waals surface area contributed by atoms with Gasteiger partial charge in [-0.05, 0) is 87.2 Å². The summed E-state index contributed by atoms with van der Waals surface area (Å²) in [4.78, 5) is 24.3. The molecule has 40 heavy (non-hydrogen) atoms. The van der Waals surface area contributed by atoms with E-state index in [1.54, 1.807) is 12.3 Å². The van der Waals surface area contributed by atoms with Crippen LogP contribution in [-0.4, -0.2) is 52.9 Å². The van der Waals surface area contributed by atoms with Crippen molar-refractivity contribution >= 4 is 23.4 Å². The third-order valence-corrected chi connectivity index (χ3v) is 7.53. The fourth-order valence-electron chi connectivity index (χ4n) is 5.10. The van der Waals surface area contributed by atoms with Gasteiger partial charge in [-0.15, -0.1) is 0 Å². The molecule has 4 rings (SSSR count). The zero-order valence-electron chi connectivity index (χ0n) is 23.5. The Bertz CT molecular complexity index is 1310. The van der Waals surface area contributed by atoms with Crippen molar-refractivity contribution in [2.45, 2.75) is 58.4 Å². The molecular weight excluding hydrogens is 513 g/mol. The van der Waals surface area contributed by atoms with Crippen molar-refractivity contribution in [2.75, 3.05) is 25.0 Å². The number of pyridine rings is 1. The monoisotopic (exact) mass is 550 g/mol. The molecule has 212 valence electrons. The van der Waals surface area contributed by atoms with Crippen LogP contribution in [0.15, 0.2) is 72.9 Å². The molecule has 0 bridgehead atoms. The maximum absolute atomic E-state index is 13.6. The van der Waals surface area contributed by atoms with Gasteiger partial charge in [0.05, 0.1) is 5.56 Å². The van der Waals surface area contributed by atoms with Gasteiger partial charge in [-0.2, -0.15) is 13.2 Å². The lowest BCUT2D eigenvalue weighted by Gasteiger charge is -2.40. The van der Waals surface area contributed by atoms with E-state index in [1.165, 1.54) is 18.2 Å². The molecule has 0 unspecified atom stereocenters. The topological polar surface area (TPSA) is 39.7 Å². The quantitative estimate of drug-likeness (QED) is 0.281. The van der Waals surface area contributed by atoms with Crippen LogP contribution in [0.25, 0.3) is 6.08 Å². The van der Waals surface area contributed by atoms with Crippen LogP contribution in [0, 0.1) is 6.92 Å². The molecule has 0 aliphatic carbocycles. The van der Waals surface area contributed by atoms with E-state index >= 15 is 0 Å². The number of halogens is 3. The molecule has 5 nitrogen and oxygen atoms in total. The third-order valence-electron chi connectivity index (χ3n) is 7.53. The van der Waals surface area contributed by atoms with Gasteiger partial charge in [0.1, 0.15) is 0 Å². The Hall–Kier alpha value is -3.65. The van der Waals surface area contributed by atoms with Gasteiger partial charge in [0.15, 0.2) is 0 Å². The fourth-order valence-corrected chi connectivity index (χ4v) is 5.10. The minimum Gasteiger partial charge on any atom is -0.345 e. The minimum absolute atomic E-state index is 0.0731. The summed E-state index contributed by atoms with van der Waals surface area (Å²) >= 11 is 0.